The molecule has 9 nitrogen and oxygen atoms in total. The minimum absolute atomic E-state index is 0.0284. The molecule has 3 heterocycles. The molecular weight excluding hydrogens is 370 g/mol. The molecule has 1 amide bonds. The molecule has 140 valence electrons. The second-order valence-corrected chi connectivity index (χ2v) is 6.96. The molecule has 3 aromatic rings. The van der Waals surface area contributed by atoms with Gasteiger partial charge in [0.25, 0.3) is 0 Å². The second-order valence-electron chi connectivity index (χ2n) is 6.53. The average molecular weight is 388 g/mol. The van der Waals surface area contributed by atoms with Crippen LogP contribution in [-0.2, 0) is 11.2 Å². The molecule has 4 rings (SSSR count). The molecule has 1 aliphatic rings. The van der Waals surface area contributed by atoms with Gasteiger partial charge in [0.1, 0.15) is 11.4 Å². The fraction of sp³-hybridized carbons (Fsp3) is 0.412. The van der Waals surface area contributed by atoms with Crippen LogP contribution in [0.3, 0.4) is 0 Å². The van der Waals surface area contributed by atoms with Gasteiger partial charge in [0.2, 0.25) is 11.7 Å². The minimum atomic E-state index is 0.0284. The fourth-order valence-electron chi connectivity index (χ4n) is 3.11. The van der Waals surface area contributed by atoms with Gasteiger partial charge >= 0.3 is 0 Å². The predicted molar refractivity (Wildman–Crippen MR) is 95.9 cm³/mol. The Balaban J connectivity index is 1.36. The molecule has 1 saturated heterocycles. The smallest absolute Gasteiger partial charge is 0.228 e. The van der Waals surface area contributed by atoms with Crippen LogP contribution in [0.4, 0.5) is 0 Å². The van der Waals surface area contributed by atoms with Crippen molar-refractivity contribution < 1.29 is 9.42 Å². The number of hydrogen-bond acceptors (Lipinski definition) is 7. The van der Waals surface area contributed by atoms with Crippen molar-refractivity contribution >= 4 is 17.5 Å². The Morgan fingerprint density at radius 2 is 1.96 bits per heavy atom. The largest absolute Gasteiger partial charge is 0.342 e. The third-order valence-electron chi connectivity index (χ3n) is 4.74. The first kappa shape index (κ1) is 17.6. The van der Waals surface area contributed by atoms with Gasteiger partial charge in [-0.2, -0.15) is 4.80 Å². The number of likely N-dealkylation sites (tertiary alicyclic amines) is 1. The lowest BCUT2D eigenvalue weighted by atomic mass is 10.1. The van der Waals surface area contributed by atoms with E-state index in [-0.39, 0.29) is 18.4 Å². The molecule has 27 heavy (non-hydrogen) atoms. The van der Waals surface area contributed by atoms with Gasteiger partial charge in [-0.25, -0.2) is 4.63 Å². The minimum Gasteiger partial charge on any atom is -0.342 e. The fourth-order valence-corrected chi connectivity index (χ4v) is 3.23. The van der Waals surface area contributed by atoms with Crippen molar-refractivity contribution in [3.63, 3.8) is 0 Å². The zero-order valence-electron chi connectivity index (χ0n) is 14.7. The molecule has 0 saturated carbocycles. The van der Waals surface area contributed by atoms with E-state index >= 15 is 0 Å². The van der Waals surface area contributed by atoms with Crippen molar-refractivity contribution in [3.8, 4) is 11.4 Å². The van der Waals surface area contributed by atoms with Crippen LogP contribution in [-0.4, -0.2) is 54.4 Å². The summed E-state index contributed by atoms with van der Waals surface area (Å²) < 4.78 is 4.65. The number of aryl methyl sites for hydroxylation is 1. The summed E-state index contributed by atoms with van der Waals surface area (Å²) >= 11 is 5.91. The molecule has 10 heteroatoms. The summed E-state index contributed by atoms with van der Waals surface area (Å²) in [6.45, 7) is 3.07. The standard InChI is InChI=1S/C17H18ClN7O2/c1-11-15(22-27-21-11)10-16(26)24-8-6-14(7-9-24)25-20-17(19-23-25)12-2-4-13(18)5-3-12/h2-5,14H,6-10H2,1H3. The number of hydrogen-bond donors (Lipinski definition) is 0. The Hall–Kier alpha value is -2.81. The summed E-state index contributed by atoms with van der Waals surface area (Å²) in [6, 6.07) is 7.46. The SMILES string of the molecule is Cc1nonc1CC(=O)N1CCC(n2nnc(-c3ccc(Cl)cc3)n2)CC1. The van der Waals surface area contributed by atoms with Crippen LogP contribution in [0.15, 0.2) is 28.9 Å². The first-order valence-corrected chi connectivity index (χ1v) is 9.09. The van der Waals surface area contributed by atoms with E-state index in [2.05, 4.69) is 30.4 Å². The van der Waals surface area contributed by atoms with Crippen LogP contribution in [0.25, 0.3) is 11.4 Å². The molecule has 0 aliphatic carbocycles. The van der Waals surface area contributed by atoms with Crippen molar-refractivity contribution in [1.82, 2.24) is 35.4 Å². The van der Waals surface area contributed by atoms with Gasteiger partial charge in [-0.1, -0.05) is 21.9 Å². The van der Waals surface area contributed by atoms with E-state index in [1.807, 2.05) is 17.0 Å². The molecule has 1 fully saturated rings. The van der Waals surface area contributed by atoms with Crippen molar-refractivity contribution in [1.29, 1.82) is 0 Å². The molecule has 1 aliphatic heterocycles. The van der Waals surface area contributed by atoms with Gasteiger partial charge in [0.05, 0.1) is 12.5 Å². The summed E-state index contributed by atoms with van der Waals surface area (Å²) in [5.74, 6) is 0.597. The lowest BCUT2D eigenvalue weighted by Gasteiger charge is -2.31. The normalized spacial score (nSPS) is 15.3. The summed E-state index contributed by atoms with van der Waals surface area (Å²) in [7, 11) is 0. The number of nitrogens with zero attached hydrogens (tertiary/aromatic N) is 7. The molecule has 0 radical (unpaired) electrons. The summed E-state index contributed by atoms with van der Waals surface area (Å²) in [5.41, 5.74) is 2.11. The molecule has 0 unspecified atom stereocenters. The van der Waals surface area contributed by atoms with Crippen molar-refractivity contribution in [2.24, 2.45) is 0 Å². The van der Waals surface area contributed by atoms with Crippen LogP contribution in [0.2, 0.25) is 5.02 Å². The summed E-state index contributed by atoms with van der Waals surface area (Å²) in [5, 5.41) is 21.0. The van der Waals surface area contributed by atoms with Gasteiger partial charge < -0.3 is 4.90 Å². The van der Waals surface area contributed by atoms with E-state index in [9.17, 15) is 4.79 Å². The Morgan fingerprint density at radius 1 is 1.22 bits per heavy atom. The first-order chi connectivity index (χ1) is 13.1. The Kier molecular flexibility index (Phi) is 4.85. The number of amides is 1. The average Bonchev–Trinajstić information content (AvgIpc) is 3.32. The maximum absolute atomic E-state index is 12.4. The van der Waals surface area contributed by atoms with Crippen molar-refractivity contribution in [3.05, 3.63) is 40.7 Å². The van der Waals surface area contributed by atoms with Crippen LogP contribution in [0.1, 0.15) is 30.3 Å². The van der Waals surface area contributed by atoms with Crippen LogP contribution in [0.5, 0.6) is 0 Å². The van der Waals surface area contributed by atoms with Gasteiger partial charge in [0, 0.05) is 23.7 Å². The highest BCUT2D eigenvalue weighted by molar-refractivity contribution is 6.30. The molecular formula is C17H18ClN7O2. The Bertz CT molecular complexity index is 929. The van der Waals surface area contributed by atoms with Crippen LogP contribution in [0, 0.1) is 6.92 Å². The van der Waals surface area contributed by atoms with Crippen molar-refractivity contribution in [2.45, 2.75) is 32.2 Å². The van der Waals surface area contributed by atoms with Gasteiger partial charge in [-0.3, -0.25) is 4.79 Å². The van der Waals surface area contributed by atoms with E-state index in [0.29, 0.717) is 35.3 Å². The molecule has 2 aromatic heterocycles. The predicted octanol–water partition coefficient (Wildman–Crippen LogP) is 2.09. The highest BCUT2D eigenvalue weighted by atomic mass is 35.5. The maximum Gasteiger partial charge on any atom is 0.228 e. The zero-order chi connectivity index (χ0) is 18.8. The maximum atomic E-state index is 12.4. The monoisotopic (exact) mass is 387 g/mol. The van der Waals surface area contributed by atoms with E-state index in [0.717, 1.165) is 18.4 Å². The molecule has 1 aromatic carbocycles. The van der Waals surface area contributed by atoms with Gasteiger partial charge in [-0.05, 0) is 49.2 Å². The number of carbonyl (C=O) groups excluding carboxylic acids is 1. The third kappa shape index (κ3) is 3.82. The lowest BCUT2D eigenvalue weighted by molar-refractivity contribution is -0.131. The van der Waals surface area contributed by atoms with E-state index in [1.165, 1.54) is 0 Å². The number of aromatic nitrogens is 6. The van der Waals surface area contributed by atoms with Crippen LogP contribution >= 0.6 is 11.6 Å². The lowest BCUT2D eigenvalue weighted by Crippen LogP contribution is -2.40. The molecule has 0 N–H and O–H groups in total. The summed E-state index contributed by atoms with van der Waals surface area (Å²) in [4.78, 5) is 15.9. The highest BCUT2D eigenvalue weighted by Gasteiger charge is 2.26. The number of tetrazole rings is 1. The number of benzene rings is 1. The molecule has 0 atom stereocenters. The summed E-state index contributed by atoms with van der Waals surface area (Å²) in [6.07, 6.45) is 1.76. The number of rotatable bonds is 4. The van der Waals surface area contributed by atoms with Crippen molar-refractivity contribution in [2.75, 3.05) is 13.1 Å². The molecule has 0 bridgehead atoms. The third-order valence-corrected chi connectivity index (χ3v) is 4.99. The zero-order valence-corrected chi connectivity index (χ0v) is 15.5. The first-order valence-electron chi connectivity index (χ1n) is 8.71. The molecule has 0 spiro atoms. The van der Waals surface area contributed by atoms with Gasteiger partial charge in [0.15, 0.2) is 0 Å². The Labute approximate surface area is 160 Å². The number of piperidine rings is 1. The topological polar surface area (TPSA) is 103 Å². The van der Waals surface area contributed by atoms with E-state index in [4.69, 9.17) is 11.6 Å². The highest BCUT2D eigenvalue weighted by Crippen LogP contribution is 2.23. The quantitative estimate of drug-likeness (QED) is 0.675. The van der Waals surface area contributed by atoms with E-state index in [1.54, 1.807) is 23.9 Å². The number of carbonyl (C=O) groups is 1. The Morgan fingerprint density at radius 3 is 2.63 bits per heavy atom. The van der Waals surface area contributed by atoms with Gasteiger partial charge in [-0.15, -0.1) is 10.2 Å². The van der Waals surface area contributed by atoms with E-state index < -0.39 is 0 Å². The number of halogens is 1. The van der Waals surface area contributed by atoms with Crippen LogP contribution < -0.4 is 0 Å². The second kappa shape index (κ2) is 7.43.